The number of rotatable bonds is 6. The molecule has 0 spiro atoms. The molecule has 0 aromatic rings. The van der Waals surface area contributed by atoms with Crippen molar-refractivity contribution in [3.05, 3.63) is 0 Å². The second-order valence-corrected chi connectivity index (χ2v) is 4.96. The van der Waals surface area contributed by atoms with Crippen molar-refractivity contribution in [2.24, 2.45) is 0 Å². The van der Waals surface area contributed by atoms with E-state index < -0.39 is 23.8 Å². The van der Waals surface area contributed by atoms with Crippen LogP contribution in [0.25, 0.3) is 0 Å². The monoisotopic (exact) mass is 262 g/mol. The van der Waals surface area contributed by atoms with Crippen molar-refractivity contribution >= 4 is 12.1 Å². The normalized spacial score (nSPS) is 12.9. The van der Waals surface area contributed by atoms with Crippen molar-refractivity contribution in [2.45, 2.75) is 32.5 Å². The summed E-state index contributed by atoms with van der Waals surface area (Å²) in [6.07, 6.45) is -1.88. The average molecular weight is 262 g/mol. The molecule has 106 valence electrons. The Kier molecular flexibility index (Phi) is 6.64. The minimum Gasteiger partial charge on any atom is -0.479 e. The van der Waals surface area contributed by atoms with Crippen LogP contribution in [-0.4, -0.2) is 65.6 Å². The Bertz CT molecular complexity index is 288. The van der Waals surface area contributed by atoms with Gasteiger partial charge in [-0.15, -0.1) is 0 Å². The van der Waals surface area contributed by atoms with E-state index in [1.54, 1.807) is 27.8 Å². The molecule has 0 heterocycles. The van der Waals surface area contributed by atoms with Crippen LogP contribution in [0, 0.1) is 0 Å². The van der Waals surface area contributed by atoms with Crippen LogP contribution in [0.5, 0.6) is 0 Å². The maximum Gasteiger partial charge on any atom is 0.410 e. The van der Waals surface area contributed by atoms with Crippen molar-refractivity contribution in [3.8, 4) is 0 Å². The number of amides is 1. The smallest absolute Gasteiger partial charge is 0.410 e. The van der Waals surface area contributed by atoms with Crippen molar-refractivity contribution in [1.29, 1.82) is 0 Å². The van der Waals surface area contributed by atoms with Gasteiger partial charge in [-0.1, -0.05) is 0 Å². The van der Waals surface area contributed by atoms with Gasteiger partial charge in [-0.2, -0.15) is 0 Å². The number of likely N-dealkylation sites (N-methyl/N-ethyl adjacent to an activating group) is 1. The van der Waals surface area contributed by atoms with Gasteiger partial charge in [0.25, 0.3) is 0 Å². The zero-order valence-electron chi connectivity index (χ0n) is 11.3. The number of aliphatic hydroxyl groups is 1. The Balaban J connectivity index is 3.80. The lowest BCUT2D eigenvalue weighted by molar-refractivity contribution is -0.146. The van der Waals surface area contributed by atoms with Crippen molar-refractivity contribution < 1.29 is 24.5 Å². The molecule has 0 radical (unpaired) electrons. The number of carbonyl (C=O) groups excluding carboxylic acids is 1. The van der Waals surface area contributed by atoms with E-state index in [1.807, 2.05) is 0 Å². The van der Waals surface area contributed by atoms with Crippen LogP contribution in [0.3, 0.4) is 0 Å². The van der Waals surface area contributed by atoms with Gasteiger partial charge in [0.1, 0.15) is 5.60 Å². The Morgan fingerprint density at radius 2 is 1.94 bits per heavy atom. The number of ether oxygens (including phenoxy) is 1. The molecule has 0 bridgehead atoms. The van der Waals surface area contributed by atoms with Crippen molar-refractivity contribution in [3.63, 3.8) is 0 Å². The molecular weight excluding hydrogens is 240 g/mol. The summed E-state index contributed by atoms with van der Waals surface area (Å²) >= 11 is 0. The highest BCUT2D eigenvalue weighted by Gasteiger charge is 2.19. The molecule has 7 nitrogen and oxygen atoms in total. The molecule has 3 N–H and O–H groups in total. The SMILES string of the molecule is CN(CCNCC(O)C(=O)O)C(=O)OC(C)(C)C. The predicted molar refractivity (Wildman–Crippen MR) is 65.4 cm³/mol. The summed E-state index contributed by atoms with van der Waals surface area (Å²) in [5.41, 5.74) is -0.543. The fraction of sp³-hybridized carbons (Fsp3) is 0.818. The Hall–Kier alpha value is -1.34. The summed E-state index contributed by atoms with van der Waals surface area (Å²) < 4.78 is 5.13. The van der Waals surface area contributed by atoms with Gasteiger partial charge >= 0.3 is 12.1 Å². The number of hydrogen-bond donors (Lipinski definition) is 3. The van der Waals surface area contributed by atoms with Gasteiger partial charge < -0.3 is 25.2 Å². The molecule has 7 heteroatoms. The van der Waals surface area contributed by atoms with Crippen LogP contribution in [0.1, 0.15) is 20.8 Å². The van der Waals surface area contributed by atoms with Crippen LogP contribution in [0.4, 0.5) is 4.79 Å². The summed E-state index contributed by atoms with van der Waals surface area (Å²) in [6, 6.07) is 0. The van der Waals surface area contributed by atoms with E-state index in [-0.39, 0.29) is 6.54 Å². The third-order valence-electron chi connectivity index (χ3n) is 1.95. The van der Waals surface area contributed by atoms with E-state index in [4.69, 9.17) is 14.9 Å². The molecule has 1 unspecified atom stereocenters. The van der Waals surface area contributed by atoms with E-state index in [0.29, 0.717) is 13.1 Å². The molecule has 1 amide bonds. The number of nitrogens with one attached hydrogen (secondary N) is 1. The van der Waals surface area contributed by atoms with Gasteiger partial charge in [0.2, 0.25) is 0 Å². The lowest BCUT2D eigenvalue weighted by Gasteiger charge is -2.24. The van der Waals surface area contributed by atoms with Crippen LogP contribution in [0.15, 0.2) is 0 Å². The minimum atomic E-state index is -1.43. The molecular formula is C11H22N2O5. The number of carboxylic acid groups (broad SMARTS) is 1. The van der Waals surface area contributed by atoms with Gasteiger partial charge in [-0.3, -0.25) is 0 Å². The first-order chi connectivity index (χ1) is 8.13. The van der Waals surface area contributed by atoms with Crippen LogP contribution >= 0.6 is 0 Å². The third kappa shape index (κ3) is 7.86. The Morgan fingerprint density at radius 3 is 2.39 bits per heavy atom. The topological polar surface area (TPSA) is 99.1 Å². The highest BCUT2D eigenvalue weighted by atomic mass is 16.6. The number of hydrogen-bond acceptors (Lipinski definition) is 5. The van der Waals surface area contributed by atoms with Gasteiger partial charge in [0.05, 0.1) is 0 Å². The maximum atomic E-state index is 11.5. The first kappa shape index (κ1) is 16.7. The zero-order valence-corrected chi connectivity index (χ0v) is 11.3. The van der Waals surface area contributed by atoms with Gasteiger partial charge in [-0.05, 0) is 20.8 Å². The molecule has 0 fully saturated rings. The number of aliphatic hydroxyl groups excluding tert-OH is 1. The molecule has 0 saturated heterocycles. The average Bonchev–Trinajstić information content (AvgIpc) is 2.20. The largest absolute Gasteiger partial charge is 0.479 e. The maximum absolute atomic E-state index is 11.5. The van der Waals surface area contributed by atoms with Gasteiger partial charge in [0.15, 0.2) is 6.10 Å². The second kappa shape index (κ2) is 7.17. The molecule has 0 aromatic carbocycles. The summed E-state index contributed by atoms with van der Waals surface area (Å²) in [5.74, 6) is -1.28. The second-order valence-electron chi connectivity index (χ2n) is 4.96. The quantitative estimate of drug-likeness (QED) is 0.578. The van der Waals surface area contributed by atoms with E-state index in [9.17, 15) is 9.59 Å². The number of carbonyl (C=O) groups is 2. The molecule has 0 saturated carbocycles. The summed E-state index contributed by atoms with van der Waals surface area (Å²) in [4.78, 5) is 23.2. The lowest BCUT2D eigenvalue weighted by Crippen LogP contribution is -2.40. The molecule has 18 heavy (non-hydrogen) atoms. The first-order valence-corrected chi connectivity index (χ1v) is 5.69. The Labute approximate surface area is 107 Å². The van der Waals surface area contributed by atoms with Crippen LogP contribution in [-0.2, 0) is 9.53 Å². The van der Waals surface area contributed by atoms with E-state index in [2.05, 4.69) is 5.32 Å². The number of carboxylic acids is 1. The summed E-state index contributed by atoms with van der Waals surface area (Å²) in [6.45, 7) is 6.01. The van der Waals surface area contributed by atoms with Crippen molar-refractivity contribution in [2.75, 3.05) is 26.7 Å². The number of nitrogens with zero attached hydrogens (tertiary/aromatic N) is 1. The van der Waals surface area contributed by atoms with Gasteiger partial charge in [0, 0.05) is 26.7 Å². The molecule has 0 rings (SSSR count). The van der Waals surface area contributed by atoms with E-state index in [1.165, 1.54) is 4.90 Å². The summed E-state index contributed by atoms with van der Waals surface area (Å²) in [7, 11) is 1.59. The molecule has 0 aromatic heterocycles. The minimum absolute atomic E-state index is 0.0580. The number of aliphatic carboxylic acids is 1. The fourth-order valence-electron chi connectivity index (χ4n) is 1.00. The van der Waals surface area contributed by atoms with E-state index in [0.717, 1.165) is 0 Å². The highest BCUT2D eigenvalue weighted by molar-refractivity contribution is 5.72. The molecule has 1 atom stereocenters. The summed E-state index contributed by atoms with van der Waals surface area (Å²) in [5, 5.41) is 20.2. The van der Waals surface area contributed by atoms with Crippen molar-refractivity contribution in [1.82, 2.24) is 10.2 Å². The standard InChI is InChI=1S/C11H22N2O5/c1-11(2,3)18-10(17)13(4)6-5-12-7-8(14)9(15)16/h8,12,14H,5-7H2,1-4H3,(H,15,16). The molecule has 0 aliphatic heterocycles. The zero-order chi connectivity index (χ0) is 14.3. The lowest BCUT2D eigenvalue weighted by atomic mass is 10.2. The highest BCUT2D eigenvalue weighted by Crippen LogP contribution is 2.08. The van der Waals surface area contributed by atoms with Gasteiger partial charge in [-0.25, -0.2) is 9.59 Å². The predicted octanol–water partition coefficient (Wildman–Crippen LogP) is -0.112. The van der Waals surface area contributed by atoms with Crippen LogP contribution in [0.2, 0.25) is 0 Å². The third-order valence-corrected chi connectivity index (χ3v) is 1.95. The first-order valence-electron chi connectivity index (χ1n) is 5.69. The Morgan fingerprint density at radius 1 is 1.39 bits per heavy atom. The fourth-order valence-corrected chi connectivity index (χ4v) is 1.00. The molecule has 0 aliphatic rings. The molecule has 0 aliphatic carbocycles. The van der Waals surface area contributed by atoms with Crippen LogP contribution < -0.4 is 5.32 Å². The van der Waals surface area contributed by atoms with E-state index >= 15 is 0 Å².